The van der Waals surface area contributed by atoms with Gasteiger partial charge in [-0.25, -0.2) is 8.42 Å². The second-order valence-corrected chi connectivity index (χ2v) is 6.44. The minimum atomic E-state index is -3.63. The summed E-state index contributed by atoms with van der Waals surface area (Å²) in [6.45, 7) is 2.63. The van der Waals surface area contributed by atoms with Gasteiger partial charge in [-0.2, -0.15) is 5.26 Å². The van der Waals surface area contributed by atoms with Crippen LogP contribution in [-0.2, 0) is 16.4 Å². The Kier molecular flexibility index (Phi) is 3.96. The van der Waals surface area contributed by atoms with Crippen molar-refractivity contribution in [3.8, 4) is 6.07 Å². The molecule has 0 saturated heterocycles. The Bertz CT molecular complexity index is 605. The zero-order valence-electron chi connectivity index (χ0n) is 10.8. The smallest absolute Gasteiger partial charge is 0.249 e. The van der Waals surface area contributed by atoms with E-state index in [1.165, 1.54) is 0 Å². The van der Waals surface area contributed by atoms with E-state index in [0.717, 1.165) is 30.6 Å². The van der Waals surface area contributed by atoms with Crippen LogP contribution in [0, 0.1) is 11.3 Å². The van der Waals surface area contributed by atoms with Crippen LogP contribution in [0.5, 0.6) is 0 Å². The minimum absolute atomic E-state index is 0.276. The van der Waals surface area contributed by atoms with E-state index in [0.29, 0.717) is 5.69 Å². The van der Waals surface area contributed by atoms with E-state index >= 15 is 0 Å². The van der Waals surface area contributed by atoms with Crippen molar-refractivity contribution in [1.29, 1.82) is 5.26 Å². The summed E-state index contributed by atoms with van der Waals surface area (Å²) in [5, 5.41) is 11.1. The number of aryl methyl sites for hydroxylation is 1. The van der Waals surface area contributed by atoms with Crippen molar-refractivity contribution in [3.63, 3.8) is 0 Å². The van der Waals surface area contributed by atoms with E-state index in [1.807, 2.05) is 18.2 Å². The Labute approximate surface area is 113 Å². The molecule has 1 atom stereocenters. The zero-order chi connectivity index (χ0) is 13.9. The molecule has 0 fully saturated rings. The highest BCUT2D eigenvalue weighted by Gasteiger charge is 2.23. The number of rotatable bonds is 4. The van der Waals surface area contributed by atoms with Gasteiger partial charge in [0.15, 0.2) is 5.25 Å². The summed E-state index contributed by atoms with van der Waals surface area (Å²) in [7, 11) is -3.63. The van der Waals surface area contributed by atoms with E-state index in [4.69, 9.17) is 5.26 Å². The molecule has 0 radical (unpaired) electrons. The number of anilines is 2. The van der Waals surface area contributed by atoms with Crippen LogP contribution >= 0.6 is 0 Å². The summed E-state index contributed by atoms with van der Waals surface area (Å²) in [6.07, 6.45) is 2.25. The maximum absolute atomic E-state index is 12.0. The normalized spacial score (nSPS) is 15.8. The van der Waals surface area contributed by atoms with Gasteiger partial charge < -0.3 is 5.32 Å². The number of nitriles is 1. The molecule has 2 rings (SSSR count). The van der Waals surface area contributed by atoms with E-state index in [-0.39, 0.29) is 6.42 Å². The molecule has 1 aromatic carbocycles. The Morgan fingerprint density at radius 1 is 1.53 bits per heavy atom. The van der Waals surface area contributed by atoms with Crippen molar-refractivity contribution in [1.82, 2.24) is 0 Å². The monoisotopic (exact) mass is 279 g/mol. The van der Waals surface area contributed by atoms with Gasteiger partial charge in [-0.3, -0.25) is 4.72 Å². The van der Waals surface area contributed by atoms with Crippen LogP contribution in [-0.4, -0.2) is 20.2 Å². The Morgan fingerprint density at radius 2 is 2.32 bits per heavy atom. The predicted octanol–water partition coefficient (Wildman–Crippen LogP) is 2.09. The van der Waals surface area contributed by atoms with Crippen LogP contribution in [0.2, 0.25) is 0 Å². The molecule has 0 bridgehead atoms. The topological polar surface area (TPSA) is 82.0 Å². The molecular formula is C13H17N3O2S. The highest BCUT2D eigenvalue weighted by molar-refractivity contribution is 7.93. The van der Waals surface area contributed by atoms with Crippen molar-refractivity contribution in [2.45, 2.75) is 31.4 Å². The number of benzene rings is 1. The predicted molar refractivity (Wildman–Crippen MR) is 75.5 cm³/mol. The standard InChI is InChI=1S/C13H17N3O2S/c1-2-12(9-14)19(17,18)16-11-5-6-13-10(8-11)4-3-7-15-13/h5-6,8,12,15-16H,2-4,7H2,1H3. The van der Waals surface area contributed by atoms with Crippen LogP contribution in [0.4, 0.5) is 11.4 Å². The third-order valence-corrected chi connectivity index (χ3v) is 4.90. The summed E-state index contributed by atoms with van der Waals surface area (Å²) >= 11 is 0. The number of sulfonamides is 1. The number of hydrogen-bond donors (Lipinski definition) is 2. The first-order valence-corrected chi connectivity index (χ1v) is 7.89. The molecule has 1 heterocycles. The lowest BCUT2D eigenvalue weighted by molar-refractivity contribution is 0.593. The summed E-state index contributed by atoms with van der Waals surface area (Å²) < 4.78 is 26.5. The van der Waals surface area contributed by atoms with Crippen LogP contribution in [0.1, 0.15) is 25.3 Å². The Hall–Kier alpha value is -1.74. The first-order chi connectivity index (χ1) is 9.06. The zero-order valence-corrected chi connectivity index (χ0v) is 11.6. The van der Waals surface area contributed by atoms with Crippen molar-refractivity contribution in [2.24, 2.45) is 0 Å². The molecule has 1 aliphatic heterocycles. The lowest BCUT2D eigenvalue weighted by Crippen LogP contribution is -2.26. The molecule has 1 aromatic rings. The molecule has 102 valence electrons. The first-order valence-electron chi connectivity index (χ1n) is 6.35. The lowest BCUT2D eigenvalue weighted by Gasteiger charge is -2.19. The van der Waals surface area contributed by atoms with Crippen molar-refractivity contribution >= 4 is 21.4 Å². The fraction of sp³-hybridized carbons (Fsp3) is 0.462. The van der Waals surface area contributed by atoms with Gasteiger partial charge in [0.25, 0.3) is 0 Å². The van der Waals surface area contributed by atoms with E-state index in [1.54, 1.807) is 13.0 Å². The van der Waals surface area contributed by atoms with Gasteiger partial charge in [0.05, 0.1) is 6.07 Å². The molecule has 0 spiro atoms. The van der Waals surface area contributed by atoms with Gasteiger partial charge in [0, 0.05) is 17.9 Å². The highest BCUT2D eigenvalue weighted by Crippen LogP contribution is 2.26. The number of hydrogen-bond acceptors (Lipinski definition) is 4. The molecular weight excluding hydrogens is 262 g/mol. The first kappa shape index (κ1) is 13.7. The average Bonchev–Trinajstić information content (AvgIpc) is 2.39. The van der Waals surface area contributed by atoms with Crippen LogP contribution in [0.3, 0.4) is 0 Å². The Balaban J connectivity index is 2.22. The van der Waals surface area contributed by atoms with E-state index in [2.05, 4.69) is 10.0 Å². The van der Waals surface area contributed by atoms with Gasteiger partial charge in [0.2, 0.25) is 10.0 Å². The molecule has 2 N–H and O–H groups in total. The van der Waals surface area contributed by atoms with Crippen LogP contribution in [0.25, 0.3) is 0 Å². The molecule has 0 amide bonds. The largest absolute Gasteiger partial charge is 0.385 e. The fourth-order valence-corrected chi connectivity index (χ4v) is 3.33. The van der Waals surface area contributed by atoms with Gasteiger partial charge in [-0.1, -0.05) is 6.92 Å². The van der Waals surface area contributed by atoms with Gasteiger partial charge >= 0.3 is 0 Å². The van der Waals surface area contributed by atoms with Crippen molar-refractivity contribution in [2.75, 3.05) is 16.6 Å². The third-order valence-electron chi connectivity index (χ3n) is 3.19. The third kappa shape index (κ3) is 2.99. The van der Waals surface area contributed by atoms with Gasteiger partial charge in [-0.15, -0.1) is 0 Å². The second-order valence-electron chi connectivity index (χ2n) is 4.58. The Morgan fingerprint density at radius 3 is 3.00 bits per heavy atom. The average molecular weight is 279 g/mol. The van der Waals surface area contributed by atoms with E-state index < -0.39 is 15.3 Å². The van der Waals surface area contributed by atoms with Crippen molar-refractivity contribution < 1.29 is 8.42 Å². The molecule has 0 aliphatic carbocycles. The molecule has 5 nitrogen and oxygen atoms in total. The molecule has 6 heteroatoms. The summed E-state index contributed by atoms with van der Waals surface area (Å²) in [5.41, 5.74) is 2.69. The van der Waals surface area contributed by atoms with E-state index in [9.17, 15) is 8.42 Å². The number of fused-ring (bicyclic) bond motifs is 1. The van der Waals surface area contributed by atoms with Crippen LogP contribution < -0.4 is 10.0 Å². The molecule has 0 saturated carbocycles. The van der Waals surface area contributed by atoms with Gasteiger partial charge in [0.1, 0.15) is 0 Å². The maximum atomic E-state index is 12.0. The van der Waals surface area contributed by atoms with Gasteiger partial charge in [-0.05, 0) is 43.0 Å². The molecule has 1 unspecified atom stereocenters. The summed E-state index contributed by atoms with van der Waals surface area (Å²) in [6, 6.07) is 7.24. The summed E-state index contributed by atoms with van der Waals surface area (Å²) in [5.74, 6) is 0. The second kappa shape index (κ2) is 5.49. The minimum Gasteiger partial charge on any atom is -0.385 e. The quantitative estimate of drug-likeness (QED) is 0.884. The SMILES string of the molecule is CCC(C#N)S(=O)(=O)Nc1ccc2c(c1)CCCN2. The lowest BCUT2D eigenvalue weighted by atomic mass is 10.0. The highest BCUT2D eigenvalue weighted by atomic mass is 32.2. The van der Waals surface area contributed by atoms with Crippen molar-refractivity contribution in [3.05, 3.63) is 23.8 Å². The molecule has 1 aliphatic rings. The maximum Gasteiger partial charge on any atom is 0.249 e. The molecule has 0 aromatic heterocycles. The number of nitrogens with one attached hydrogen (secondary N) is 2. The summed E-state index contributed by atoms with van der Waals surface area (Å²) in [4.78, 5) is 0. The fourth-order valence-electron chi connectivity index (χ4n) is 2.15. The molecule has 19 heavy (non-hydrogen) atoms. The van der Waals surface area contributed by atoms with Crippen LogP contribution in [0.15, 0.2) is 18.2 Å². The number of nitrogens with zero attached hydrogens (tertiary/aromatic N) is 1.